The largest absolute Gasteiger partial charge is 0.481 e. The second kappa shape index (κ2) is 9.49. The molecule has 0 aliphatic heterocycles. The van der Waals surface area contributed by atoms with Crippen molar-refractivity contribution in [1.82, 2.24) is 10.6 Å². The monoisotopic (exact) mass is 462 g/mol. The lowest BCUT2D eigenvalue weighted by atomic mass is 9.98. The molecule has 7 heteroatoms. The van der Waals surface area contributed by atoms with E-state index in [-0.39, 0.29) is 42.7 Å². The topological polar surface area (TPSA) is 105 Å². The van der Waals surface area contributed by atoms with Crippen LogP contribution >= 0.6 is 0 Å². The first-order valence-corrected chi connectivity index (χ1v) is 12.1. The number of amides is 2. The fourth-order valence-electron chi connectivity index (χ4n) is 5.52. The number of carbonyl (C=O) groups is 3. The SMILES string of the molecule is O=C(O)C[C@@H]1CC[C@H](NC(=O)C(NC(=O)OCC2c3ccccc3-c3ccccc32)C2CC2)C1. The molecule has 2 fully saturated rings. The van der Waals surface area contributed by atoms with E-state index in [1.807, 2.05) is 24.3 Å². The Bertz CT molecular complexity index is 1050. The molecule has 0 heterocycles. The summed E-state index contributed by atoms with van der Waals surface area (Å²) in [5, 5.41) is 14.8. The highest BCUT2D eigenvalue weighted by atomic mass is 16.5. The molecule has 2 aromatic rings. The smallest absolute Gasteiger partial charge is 0.407 e. The number of benzene rings is 2. The van der Waals surface area contributed by atoms with Crippen molar-refractivity contribution >= 4 is 18.0 Å². The third kappa shape index (κ3) is 4.79. The van der Waals surface area contributed by atoms with E-state index in [4.69, 9.17) is 9.84 Å². The van der Waals surface area contributed by atoms with Crippen LogP contribution in [0.4, 0.5) is 4.79 Å². The van der Waals surface area contributed by atoms with Gasteiger partial charge in [-0.25, -0.2) is 4.79 Å². The van der Waals surface area contributed by atoms with Gasteiger partial charge in [0.2, 0.25) is 5.91 Å². The van der Waals surface area contributed by atoms with Crippen LogP contribution in [0.15, 0.2) is 48.5 Å². The van der Waals surface area contributed by atoms with E-state index in [9.17, 15) is 14.4 Å². The Morgan fingerprint density at radius 3 is 2.21 bits per heavy atom. The number of carbonyl (C=O) groups excluding carboxylic acids is 2. The molecule has 3 aliphatic rings. The van der Waals surface area contributed by atoms with E-state index in [0.717, 1.165) is 36.8 Å². The second-order valence-electron chi connectivity index (χ2n) is 9.77. The van der Waals surface area contributed by atoms with Crippen LogP contribution in [0.5, 0.6) is 0 Å². The van der Waals surface area contributed by atoms with Crippen molar-refractivity contribution in [2.75, 3.05) is 6.61 Å². The molecule has 7 nitrogen and oxygen atoms in total. The summed E-state index contributed by atoms with van der Waals surface area (Å²) in [5.74, 6) is -0.813. The third-order valence-electron chi connectivity index (χ3n) is 7.34. The lowest BCUT2D eigenvalue weighted by molar-refractivity contribution is -0.138. The van der Waals surface area contributed by atoms with Crippen LogP contribution in [0.3, 0.4) is 0 Å². The molecule has 3 atom stereocenters. The predicted molar refractivity (Wildman–Crippen MR) is 126 cm³/mol. The fraction of sp³-hybridized carbons (Fsp3) is 0.444. The van der Waals surface area contributed by atoms with Gasteiger partial charge in [-0.1, -0.05) is 48.5 Å². The summed E-state index contributed by atoms with van der Waals surface area (Å²) in [6, 6.07) is 15.7. The first-order valence-electron chi connectivity index (χ1n) is 12.1. The lowest BCUT2D eigenvalue weighted by Gasteiger charge is -2.21. The maximum atomic E-state index is 12.9. The summed E-state index contributed by atoms with van der Waals surface area (Å²) < 4.78 is 5.63. The summed E-state index contributed by atoms with van der Waals surface area (Å²) in [4.78, 5) is 36.6. The molecule has 0 aromatic heterocycles. The van der Waals surface area contributed by atoms with Gasteiger partial charge in [0.05, 0.1) is 0 Å². The minimum absolute atomic E-state index is 0.0315. The molecule has 0 radical (unpaired) electrons. The zero-order valence-corrected chi connectivity index (χ0v) is 19.0. The van der Waals surface area contributed by atoms with Crippen LogP contribution in [0.2, 0.25) is 0 Å². The summed E-state index contributed by atoms with van der Waals surface area (Å²) in [5.41, 5.74) is 4.62. The Kier molecular flexibility index (Phi) is 6.26. The molecule has 2 saturated carbocycles. The van der Waals surface area contributed by atoms with Crippen molar-refractivity contribution in [1.29, 1.82) is 0 Å². The number of aliphatic carboxylic acids is 1. The van der Waals surface area contributed by atoms with Crippen molar-refractivity contribution in [2.24, 2.45) is 11.8 Å². The third-order valence-corrected chi connectivity index (χ3v) is 7.34. The van der Waals surface area contributed by atoms with E-state index in [1.54, 1.807) is 0 Å². The quantitative estimate of drug-likeness (QED) is 0.549. The van der Waals surface area contributed by atoms with Gasteiger partial charge in [0.25, 0.3) is 0 Å². The van der Waals surface area contributed by atoms with Crippen molar-refractivity contribution in [2.45, 2.75) is 56.5 Å². The molecule has 1 unspecified atom stereocenters. The Hall–Kier alpha value is -3.35. The molecule has 2 aromatic carbocycles. The molecule has 2 amide bonds. The summed E-state index contributed by atoms with van der Waals surface area (Å²) >= 11 is 0. The zero-order valence-electron chi connectivity index (χ0n) is 19.0. The van der Waals surface area contributed by atoms with E-state index >= 15 is 0 Å². The Morgan fingerprint density at radius 2 is 1.59 bits per heavy atom. The highest BCUT2D eigenvalue weighted by molar-refractivity contribution is 5.86. The van der Waals surface area contributed by atoms with E-state index in [1.165, 1.54) is 11.1 Å². The van der Waals surface area contributed by atoms with E-state index in [2.05, 4.69) is 34.9 Å². The Balaban J connectivity index is 1.18. The van der Waals surface area contributed by atoms with Crippen LogP contribution in [0, 0.1) is 11.8 Å². The predicted octanol–water partition coefficient (Wildman–Crippen LogP) is 4.06. The number of alkyl carbamates (subject to hydrolysis) is 1. The number of carboxylic acids is 1. The molecule has 0 spiro atoms. The van der Waals surface area contributed by atoms with Gasteiger partial charge in [-0.2, -0.15) is 0 Å². The van der Waals surface area contributed by atoms with Crippen LogP contribution in [0.25, 0.3) is 11.1 Å². The van der Waals surface area contributed by atoms with Crippen molar-refractivity contribution < 1.29 is 24.2 Å². The maximum Gasteiger partial charge on any atom is 0.407 e. The highest BCUT2D eigenvalue weighted by Gasteiger charge is 2.39. The average Bonchev–Trinajstić information content (AvgIpc) is 3.49. The first kappa shape index (κ1) is 22.4. The highest BCUT2D eigenvalue weighted by Crippen LogP contribution is 2.44. The molecule has 3 aliphatic carbocycles. The fourth-order valence-corrected chi connectivity index (χ4v) is 5.52. The minimum atomic E-state index is -0.801. The van der Waals surface area contributed by atoms with Crippen molar-refractivity contribution in [3.05, 3.63) is 59.7 Å². The average molecular weight is 463 g/mol. The normalized spacial score (nSPS) is 21.9. The number of nitrogens with one attached hydrogen (secondary N) is 2. The number of hydrogen-bond donors (Lipinski definition) is 3. The van der Waals surface area contributed by atoms with Crippen LogP contribution in [-0.2, 0) is 14.3 Å². The number of fused-ring (bicyclic) bond motifs is 3. The Labute approximate surface area is 198 Å². The first-order chi connectivity index (χ1) is 16.5. The van der Waals surface area contributed by atoms with E-state index in [0.29, 0.717) is 6.42 Å². The summed E-state index contributed by atoms with van der Waals surface area (Å²) in [6.45, 7) is 0.207. The molecular weight excluding hydrogens is 432 g/mol. The van der Waals surface area contributed by atoms with Crippen LogP contribution in [-0.4, -0.2) is 41.8 Å². The van der Waals surface area contributed by atoms with Gasteiger partial charge >= 0.3 is 12.1 Å². The van der Waals surface area contributed by atoms with Gasteiger partial charge in [-0.05, 0) is 66.2 Å². The molecule has 5 rings (SSSR count). The number of hydrogen-bond acceptors (Lipinski definition) is 4. The van der Waals surface area contributed by atoms with Crippen molar-refractivity contribution in [3.63, 3.8) is 0 Å². The minimum Gasteiger partial charge on any atom is -0.481 e. The van der Waals surface area contributed by atoms with Gasteiger partial charge in [0.15, 0.2) is 0 Å². The summed E-state index contributed by atoms with van der Waals surface area (Å²) in [7, 11) is 0. The van der Waals surface area contributed by atoms with Gasteiger partial charge in [-0.15, -0.1) is 0 Å². The van der Waals surface area contributed by atoms with Gasteiger partial charge < -0.3 is 20.5 Å². The van der Waals surface area contributed by atoms with Gasteiger partial charge in [0, 0.05) is 18.4 Å². The second-order valence-corrected chi connectivity index (χ2v) is 9.77. The standard InChI is InChI=1S/C27H30N2O5/c30-24(31)14-16-9-12-18(13-16)28-26(32)25(17-10-11-17)29-27(33)34-15-23-21-7-3-1-5-19(21)20-6-2-4-8-22(20)23/h1-8,16-18,23,25H,9-15H2,(H,28,32)(H,29,33)(H,30,31)/t16-,18+,25?/m1/s1. The molecule has 178 valence electrons. The van der Waals surface area contributed by atoms with Gasteiger partial charge in [-0.3, -0.25) is 9.59 Å². The zero-order chi connectivity index (χ0) is 23.7. The molecule has 3 N–H and O–H groups in total. The molecule has 0 bridgehead atoms. The van der Waals surface area contributed by atoms with Gasteiger partial charge in [0.1, 0.15) is 12.6 Å². The Morgan fingerprint density at radius 1 is 0.941 bits per heavy atom. The number of rotatable bonds is 8. The summed E-state index contributed by atoms with van der Waals surface area (Å²) in [6.07, 6.45) is 3.58. The number of carboxylic acid groups (broad SMARTS) is 1. The van der Waals surface area contributed by atoms with Crippen LogP contribution < -0.4 is 10.6 Å². The van der Waals surface area contributed by atoms with Crippen molar-refractivity contribution in [3.8, 4) is 11.1 Å². The van der Waals surface area contributed by atoms with E-state index < -0.39 is 18.1 Å². The number of ether oxygens (including phenoxy) is 1. The molecule has 34 heavy (non-hydrogen) atoms. The molecular formula is C27H30N2O5. The lowest BCUT2D eigenvalue weighted by Crippen LogP contribution is -2.50. The molecule has 0 saturated heterocycles. The maximum absolute atomic E-state index is 12.9. The van der Waals surface area contributed by atoms with Crippen LogP contribution in [0.1, 0.15) is 55.6 Å².